The maximum atomic E-state index is 12.5. The van der Waals surface area contributed by atoms with Gasteiger partial charge in [0.15, 0.2) is 0 Å². The minimum absolute atomic E-state index is 0.0491. The van der Waals surface area contributed by atoms with Crippen LogP contribution < -0.4 is 10.6 Å². The Labute approximate surface area is 139 Å². The molecular formula is C17H21N3O4. The van der Waals surface area contributed by atoms with Gasteiger partial charge >= 0.3 is 0 Å². The Balaban J connectivity index is 1.92. The van der Waals surface area contributed by atoms with Gasteiger partial charge in [-0.2, -0.15) is 0 Å². The maximum Gasteiger partial charge on any atom is 0.276 e. The van der Waals surface area contributed by atoms with Crippen LogP contribution in [0.2, 0.25) is 0 Å². The molecule has 0 aliphatic carbocycles. The normalized spacial score (nSPS) is 27.4. The van der Waals surface area contributed by atoms with Crippen LogP contribution >= 0.6 is 0 Å². The van der Waals surface area contributed by atoms with Crippen LogP contribution in [0.25, 0.3) is 10.9 Å². The Kier molecular flexibility index (Phi) is 3.85. The lowest BCUT2D eigenvalue weighted by Crippen LogP contribution is -2.77. The smallest absolute Gasteiger partial charge is 0.276 e. The largest absolute Gasteiger partial charge is 0.363 e. The van der Waals surface area contributed by atoms with Crippen molar-refractivity contribution in [3.8, 4) is 0 Å². The summed E-state index contributed by atoms with van der Waals surface area (Å²) in [6.07, 6.45) is 1.68. The fourth-order valence-electron chi connectivity index (χ4n) is 3.13. The van der Waals surface area contributed by atoms with Gasteiger partial charge in [0.05, 0.1) is 0 Å². The zero-order valence-corrected chi connectivity index (χ0v) is 13.8. The van der Waals surface area contributed by atoms with Crippen molar-refractivity contribution in [2.45, 2.75) is 31.7 Å². The molecule has 7 heteroatoms. The fraction of sp³-hybridized carbons (Fsp3) is 0.412. The van der Waals surface area contributed by atoms with Crippen LogP contribution in [0, 0.1) is 5.92 Å². The molecule has 0 radical (unpaired) electrons. The van der Waals surface area contributed by atoms with Crippen LogP contribution in [0.5, 0.6) is 0 Å². The summed E-state index contributed by atoms with van der Waals surface area (Å²) in [7, 11) is 1.35. The zero-order valence-electron chi connectivity index (χ0n) is 13.8. The van der Waals surface area contributed by atoms with Crippen molar-refractivity contribution in [1.82, 2.24) is 15.6 Å². The quantitative estimate of drug-likeness (QED) is 0.660. The Morgan fingerprint density at radius 2 is 1.88 bits per heavy atom. The summed E-state index contributed by atoms with van der Waals surface area (Å²) < 4.78 is 5.26. The van der Waals surface area contributed by atoms with Crippen LogP contribution in [0.3, 0.4) is 0 Å². The van der Waals surface area contributed by atoms with Gasteiger partial charge < -0.3 is 25.5 Å². The number of amides is 2. The van der Waals surface area contributed by atoms with Crippen LogP contribution in [-0.2, 0) is 20.7 Å². The monoisotopic (exact) mass is 331 g/mol. The lowest BCUT2D eigenvalue weighted by Gasteiger charge is -2.44. The number of aromatic nitrogens is 1. The van der Waals surface area contributed by atoms with Crippen molar-refractivity contribution in [3.05, 3.63) is 36.0 Å². The van der Waals surface area contributed by atoms with E-state index in [0.29, 0.717) is 0 Å². The van der Waals surface area contributed by atoms with Crippen LogP contribution in [0.4, 0.5) is 0 Å². The van der Waals surface area contributed by atoms with E-state index in [1.165, 1.54) is 7.11 Å². The molecule has 4 N–H and O–H groups in total. The second kappa shape index (κ2) is 5.61. The van der Waals surface area contributed by atoms with Gasteiger partial charge in [-0.1, -0.05) is 32.0 Å². The number of piperazine rings is 1. The number of carbonyl (C=O) groups excluding carboxylic acids is 2. The van der Waals surface area contributed by atoms with Crippen LogP contribution in [-0.4, -0.2) is 40.5 Å². The molecule has 1 aromatic carbocycles. The van der Waals surface area contributed by atoms with Crippen molar-refractivity contribution < 1.29 is 19.4 Å². The van der Waals surface area contributed by atoms with Gasteiger partial charge in [0.25, 0.3) is 11.8 Å². The molecule has 1 aliphatic rings. The molecule has 2 amide bonds. The maximum absolute atomic E-state index is 12.5. The number of ether oxygens (including phenoxy) is 1. The molecule has 2 heterocycles. The van der Waals surface area contributed by atoms with Crippen LogP contribution in [0.15, 0.2) is 30.5 Å². The van der Waals surface area contributed by atoms with Gasteiger partial charge in [-0.3, -0.25) is 9.59 Å². The summed E-state index contributed by atoms with van der Waals surface area (Å²) in [6, 6.07) is 7.55. The average Bonchev–Trinajstić information content (AvgIpc) is 2.94. The third-order valence-electron chi connectivity index (χ3n) is 4.59. The Morgan fingerprint density at radius 1 is 1.17 bits per heavy atom. The Bertz CT molecular complexity index is 800. The number of aliphatic hydroxyl groups is 1. The molecule has 24 heavy (non-hydrogen) atoms. The summed E-state index contributed by atoms with van der Waals surface area (Å²) >= 11 is 0. The molecule has 3 rings (SSSR count). The van der Waals surface area contributed by atoms with E-state index in [-0.39, 0.29) is 12.3 Å². The highest BCUT2D eigenvalue weighted by molar-refractivity contribution is 6.01. The predicted octanol–water partition coefficient (Wildman–Crippen LogP) is 0.644. The third-order valence-corrected chi connectivity index (χ3v) is 4.59. The number of fused-ring (bicyclic) bond motifs is 1. The third kappa shape index (κ3) is 2.37. The second-order valence-corrected chi connectivity index (χ2v) is 6.40. The molecule has 2 unspecified atom stereocenters. The van der Waals surface area contributed by atoms with Gasteiger partial charge in [-0.05, 0) is 11.6 Å². The van der Waals surface area contributed by atoms with Gasteiger partial charge in [-0.25, -0.2) is 0 Å². The predicted molar refractivity (Wildman–Crippen MR) is 87.8 cm³/mol. The van der Waals surface area contributed by atoms with Crippen molar-refractivity contribution >= 4 is 22.7 Å². The Hall–Kier alpha value is -2.38. The number of nitrogens with one attached hydrogen (secondary N) is 3. The molecule has 1 aliphatic heterocycles. The Morgan fingerprint density at radius 3 is 2.54 bits per heavy atom. The summed E-state index contributed by atoms with van der Waals surface area (Å²) in [5.41, 5.74) is -1.88. The summed E-state index contributed by atoms with van der Waals surface area (Å²) in [6.45, 7) is 3.51. The van der Waals surface area contributed by atoms with E-state index in [1.807, 2.05) is 24.3 Å². The van der Waals surface area contributed by atoms with E-state index in [0.717, 1.165) is 16.5 Å². The number of methoxy groups -OCH3 is 1. The number of para-hydroxylation sites is 1. The molecule has 7 nitrogen and oxygen atoms in total. The van der Waals surface area contributed by atoms with Crippen molar-refractivity contribution in [3.63, 3.8) is 0 Å². The van der Waals surface area contributed by atoms with Crippen molar-refractivity contribution in [2.24, 2.45) is 5.92 Å². The average molecular weight is 331 g/mol. The van der Waals surface area contributed by atoms with E-state index < -0.39 is 23.3 Å². The number of carbonyl (C=O) groups is 2. The molecule has 0 spiro atoms. The number of hydrogen-bond acceptors (Lipinski definition) is 4. The summed E-state index contributed by atoms with van der Waals surface area (Å²) in [5.74, 6) is -1.56. The highest BCUT2D eigenvalue weighted by Gasteiger charge is 2.55. The van der Waals surface area contributed by atoms with E-state index in [4.69, 9.17) is 4.74 Å². The molecular weight excluding hydrogens is 310 g/mol. The molecule has 128 valence electrons. The minimum atomic E-state index is -2.03. The summed E-state index contributed by atoms with van der Waals surface area (Å²) in [4.78, 5) is 28.1. The molecule has 0 bridgehead atoms. The minimum Gasteiger partial charge on any atom is -0.363 e. The molecule has 1 saturated heterocycles. The first-order valence-corrected chi connectivity index (χ1v) is 7.80. The van der Waals surface area contributed by atoms with E-state index in [2.05, 4.69) is 15.6 Å². The summed E-state index contributed by atoms with van der Waals surface area (Å²) in [5, 5.41) is 16.6. The number of aromatic amines is 1. The molecule has 2 atom stereocenters. The zero-order chi connectivity index (χ0) is 17.5. The van der Waals surface area contributed by atoms with Gasteiger partial charge in [0, 0.05) is 36.5 Å². The first-order valence-electron chi connectivity index (χ1n) is 7.80. The van der Waals surface area contributed by atoms with Gasteiger partial charge in [0.2, 0.25) is 11.4 Å². The second-order valence-electron chi connectivity index (χ2n) is 6.40. The van der Waals surface area contributed by atoms with Crippen molar-refractivity contribution in [2.75, 3.05) is 7.11 Å². The highest BCUT2D eigenvalue weighted by Crippen LogP contribution is 2.28. The fourth-order valence-corrected chi connectivity index (χ4v) is 3.13. The number of rotatable bonds is 4. The molecule has 1 fully saturated rings. The number of hydrogen-bond donors (Lipinski definition) is 4. The van der Waals surface area contributed by atoms with Gasteiger partial charge in [-0.15, -0.1) is 0 Å². The standard InChI is InChI=1S/C17H21N3O4/c1-10(2)17(24-3)15(22)19-16(23,14(21)20-17)8-11-9-18-13-7-5-4-6-12(11)13/h4-7,9-10,18,23H,8H2,1-3H3,(H,19,22)(H,20,21). The lowest BCUT2D eigenvalue weighted by molar-refractivity contribution is -0.186. The number of benzene rings is 1. The lowest BCUT2D eigenvalue weighted by atomic mass is 9.91. The molecule has 1 aromatic heterocycles. The van der Waals surface area contributed by atoms with Gasteiger partial charge in [0.1, 0.15) is 0 Å². The molecule has 2 aromatic rings. The first kappa shape index (κ1) is 16.5. The van der Waals surface area contributed by atoms with E-state index in [9.17, 15) is 14.7 Å². The SMILES string of the molecule is COC1(C(C)C)NC(=O)C(O)(Cc2c[nH]c3ccccc23)NC1=O. The van der Waals surface area contributed by atoms with Crippen LogP contribution in [0.1, 0.15) is 19.4 Å². The first-order chi connectivity index (χ1) is 11.3. The number of H-pyrrole nitrogens is 1. The van der Waals surface area contributed by atoms with Crippen molar-refractivity contribution in [1.29, 1.82) is 0 Å². The topological polar surface area (TPSA) is 103 Å². The highest BCUT2D eigenvalue weighted by atomic mass is 16.5. The molecule has 0 saturated carbocycles. The van der Waals surface area contributed by atoms with E-state index >= 15 is 0 Å². The van der Waals surface area contributed by atoms with E-state index in [1.54, 1.807) is 20.0 Å².